The van der Waals surface area contributed by atoms with Crippen LogP contribution in [0, 0.1) is 5.92 Å². The van der Waals surface area contributed by atoms with Crippen molar-refractivity contribution in [2.75, 3.05) is 0 Å². The van der Waals surface area contributed by atoms with Crippen LogP contribution < -0.4 is 22.4 Å². The van der Waals surface area contributed by atoms with Crippen LogP contribution in [-0.4, -0.2) is 28.9 Å². The highest BCUT2D eigenvalue weighted by molar-refractivity contribution is 6.37. The van der Waals surface area contributed by atoms with Crippen LogP contribution in [-0.2, 0) is 16.0 Å². The van der Waals surface area contributed by atoms with Crippen LogP contribution in [0.2, 0.25) is 5.02 Å². The monoisotopic (exact) mass is 431 g/mol. The van der Waals surface area contributed by atoms with Gasteiger partial charge in [0.05, 0.1) is 5.92 Å². The number of carbonyl (C=O) groups is 2. The Hall–Kier alpha value is -3.10. The molecule has 8 nitrogen and oxygen atoms in total. The largest absolute Gasteiger partial charge is 0.481 e. The van der Waals surface area contributed by atoms with Gasteiger partial charge in [-0.1, -0.05) is 54.9 Å². The molecule has 0 saturated heterocycles. The maximum absolute atomic E-state index is 12.1. The summed E-state index contributed by atoms with van der Waals surface area (Å²) in [5.74, 6) is 2.56. The molecule has 2 aromatic rings. The van der Waals surface area contributed by atoms with Gasteiger partial charge in [-0.15, -0.1) is 5.10 Å². The van der Waals surface area contributed by atoms with Gasteiger partial charge < -0.3 is 16.2 Å². The first-order valence-corrected chi connectivity index (χ1v) is 9.85. The normalized spacial score (nSPS) is 13.4. The summed E-state index contributed by atoms with van der Waals surface area (Å²) in [6.07, 6.45) is 1.47. The molecule has 0 aliphatic heterocycles. The van der Waals surface area contributed by atoms with E-state index in [4.69, 9.17) is 23.2 Å². The average molecular weight is 432 g/mol. The number of hydrogen-bond donors (Lipinski definition) is 5. The molecule has 2 aromatic carbocycles. The number of rotatable bonds is 9. The summed E-state index contributed by atoms with van der Waals surface area (Å²) in [5, 5.41) is 16.1. The molecule has 0 spiro atoms. The van der Waals surface area contributed by atoms with Gasteiger partial charge in [0.15, 0.2) is 0 Å². The van der Waals surface area contributed by atoms with Gasteiger partial charge in [0.25, 0.3) is 5.91 Å². The molecule has 0 aliphatic carbocycles. The molecule has 0 aromatic heterocycles. The number of benzene rings is 2. The van der Waals surface area contributed by atoms with E-state index in [1.54, 1.807) is 6.92 Å². The standard InChI is InChI=1S/C21H26ClN5O3/c1-13(21(29)30)11-18(25-20(28)19(23)26-27-24)10-7-14-5-8-15(9-6-14)16-3-2-4-17(22)12-16/h2-6,8-9,12-13,18,27H,7,10-11,24H2,1H3,(H2,23,26)(H,25,28)(H,29,30)/t13-,18-/m1/s1. The zero-order valence-electron chi connectivity index (χ0n) is 16.6. The molecule has 0 bridgehead atoms. The van der Waals surface area contributed by atoms with Crippen LogP contribution >= 0.6 is 11.6 Å². The summed E-state index contributed by atoms with van der Waals surface area (Å²) < 4.78 is 0. The van der Waals surface area contributed by atoms with Gasteiger partial charge in [-0.05, 0) is 48.1 Å². The Morgan fingerprint density at radius 2 is 1.87 bits per heavy atom. The quantitative estimate of drug-likeness (QED) is 0.178. The molecule has 0 fully saturated rings. The van der Waals surface area contributed by atoms with E-state index in [0.29, 0.717) is 17.9 Å². The zero-order valence-corrected chi connectivity index (χ0v) is 17.4. The van der Waals surface area contributed by atoms with Crippen LogP contribution in [0.15, 0.2) is 53.6 Å². The van der Waals surface area contributed by atoms with Gasteiger partial charge in [0.2, 0.25) is 5.84 Å². The summed E-state index contributed by atoms with van der Waals surface area (Å²) in [7, 11) is 0. The third kappa shape index (κ3) is 7.06. The van der Waals surface area contributed by atoms with Crippen molar-refractivity contribution in [2.24, 2.45) is 22.6 Å². The van der Waals surface area contributed by atoms with E-state index >= 15 is 0 Å². The number of hydrogen-bond acceptors (Lipinski definition) is 5. The van der Waals surface area contributed by atoms with Gasteiger partial charge in [-0.25, -0.2) is 11.4 Å². The number of carboxylic acids is 1. The summed E-state index contributed by atoms with van der Waals surface area (Å²) in [6.45, 7) is 1.60. The topological polar surface area (TPSA) is 143 Å². The van der Waals surface area contributed by atoms with Gasteiger partial charge in [0.1, 0.15) is 0 Å². The van der Waals surface area contributed by atoms with E-state index in [-0.39, 0.29) is 18.3 Å². The predicted molar refractivity (Wildman–Crippen MR) is 118 cm³/mol. The molecule has 1 amide bonds. The van der Waals surface area contributed by atoms with Crippen molar-refractivity contribution in [3.63, 3.8) is 0 Å². The van der Waals surface area contributed by atoms with Gasteiger partial charge >= 0.3 is 5.97 Å². The van der Waals surface area contributed by atoms with Gasteiger partial charge in [0, 0.05) is 11.1 Å². The lowest BCUT2D eigenvalue weighted by Crippen LogP contribution is -2.44. The number of carboxylic acid groups (broad SMARTS) is 1. The second kappa shape index (κ2) is 11.2. The van der Waals surface area contributed by atoms with Crippen LogP contribution in [0.1, 0.15) is 25.3 Å². The molecule has 30 heavy (non-hydrogen) atoms. The first-order valence-electron chi connectivity index (χ1n) is 9.47. The van der Waals surface area contributed by atoms with Crippen LogP contribution in [0.4, 0.5) is 0 Å². The molecule has 0 heterocycles. The van der Waals surface area contributed by atoms with E-state index in [1.807, 2.05) is 54.1 Å². The molecule has 160 valence electrons. The van der Waals surface area contributed by atoms with E-state index < -0.39 is 17.8 Å². The van der Waals surface area contributed by atoms with Crippen molar-refractivity contribution in [3.05, 3.63) is 59.1 Å². The third-order valence-corrected chi connectivity index (χ3v) is 4.94. The van der Waals surface area contributed by atoms with Crippen LogP contribution in [0.25, 0.3) is 11.1 Å². The average Bonchev–Trinajstić information content (AvgIpc) is 2.72. The Morgan fingerprint density at radius 3 is 2.47 bits per heavy atom. The molecule has 2 rings (SSSR count). The lowest BCUT2D eigenvalue weighted by Gasteiger charge is -2.20. The third-order valence-electron chi connectivity index (χ3n) is 4.71. The number of hydrazine groups is 1. The van der Waals surface area contributed by atoms with E-state index in [1.165, 1.54) is 0 Å². The summed E-state index contributed by atoms with van der Waals surface area (Å²) in [6, 6.07) is 15.2. The van der Waals surface area contributed by atoms with E-state index in [2.05, 4.69) is 10.4 Å². The van der Waals surface area contributed by atoms with Crippen LogP contribution in [0.5, 0.6) is 0 Å². The molecular formula is C21H26ClN5O3. The SMILES string of the molecule is C[C@H](C[C@@H](CCc1ccc(-c2cccc(Cl)c2)cc1)NC(=O)/C(N)=N/NN)C(=O)O. The number of amidine groups is 1. The Balaban J connectivity index is 2.05. The number of halogens is 1. The lowest BCUT2D eigenvalue weighted by atomic mass is 9.95. The molecular weight excluding hydrogens is 406 g/mol. The maximum atomic E-state index is 12.1. The van der Waals surface area contributed by atoms with Crippen molar-refractivity contribution >= 4 is 29.3 Å². The highest BCUT2D eigenvalue weighted by Gasteiger charge is 2.21. The Labute approximate surface area is 180 Å². The number of nitrogens with zero attached hydrogens (tertiary/aromatic N) is 1. The zero-order chi connectivity index (χ0) is 22.1. The number of nitrogens with two attached hydrogens (primary N) is 2. The van der Waals surface area contributed by atoms with Crippen molar-refractivity contribution < 1.29 is 14.7 Å². The van der Waals surface area contributed by atoms with Gasteiger partial charge in [-0.3, -0.25) is 9.59 Å². The second-order valence-corrected chi connectivity index (χ2v) is 7.45. The summed E-state index contributed by atoms with van der Waals surface area (Å²) in [5.41, 5.74) is 10.6. The molecule has 0 saturated carbocycles. The van der Waals surface area contributed by atoms with Gasteiger partial charge in [-0.2, -0.15) is 0 Å². The fourth-order valence-corrected chi connectivity index (χ4v) is 3.22. The minimum Gasteiger partial charge on any atom is -0.481 e. The fourth-order valence-electron chi connectivity index (χ4n) is 3.03. The number of hydrazone groups is 1. The number of nitrogens with one attached hydrogen (secondary N) is 2. The molecule has 9 heteroatoms. The van der Waals surface area contributed by atoms with Crippen molar-refractivity contribution in [3.8, 4) is 11.1 Å². The molecule has 0 aliphatic rings. The summed E-state index contributed by atoms with van der Waals surface area (Å²) in [4.78, 5) is 23.3. The predicted octanol–water partition coefficient (Wildman–Crippen LogP) is 2.27. The molecule has 0 unspecified atom stereocenters. The highest BCUT2D eigenvalue weighted by atomic mass is 35.5. The number of aryl methyl sites for hydroxylation is 1. The maximum Gasteiger partial charge on any atom is 0.306 e. The molecule has 0 radical (unpaired) electrons. The number of amides is 1. The number of aliphatic carboxylic acids is 1. The first-order chi connectivity index (χ1) is 14.3. The molecule has 2 atom stereocenters. The number of carbonyl (C=O) groups excluding carboxylic acids is 1. The minimum absolute atomic E-state index is 0.269. The first kappa shape index (κ1) is 23.2. The Bertz CT molecular complexity index is 902. The Morgan fingerprint density at radius 1 is 1.17 bits per heavy atom. The minimum atomic E-state index is -0.926. The Kier molecular flexibility index (Phi) is 8.64. The van der Waals surface area contributed by atoms with E-state index in [9.17, 15) is 14.7 Å². The smallest absolute Gasteiger partial charge is 0.306 e. The summed E-state index contributed by atoms with van der Waals surface area (Å²) >= 11 is 6.05. The van der Waals surface area contributed by atoms with Crippen molar-refractivity contribution in [1.29, 1.82) is 0 Å². The van der Waals surface area contributed by atoms with Crippen LogP contribution in [0.3, 0.4) is 0 Å². The molecule has 7 N–H and O–H groups in total. The second-order valence-electron chi connectivity index (χ2n) is 7.02. The lowest BCUT2D eigenvalue weighted by molar-refractivity contribution is -0.141. The fraction of sp³-hybridized carbons (Fsp3) is 0.286. The van der Waals surface area contributed by atoms with Crippen molar-refractivity contribution in [2.45, 2.75) is 32.2 Å². The highest BCUT2D eigenvalue weighted by Crippen LogP contribution is 2.23. The van der Waals surface area contributed by atoms with E-state index in [0.717, 1.165) is 16.7 Å². The van der Waals surface area contributed by atoms with Crippen molar-refractivity contribution in [1.82, 2.24) is 10.9 Å².